The highest BCUT2D eigenvalue weighted by atomic mass is 19.2. The van der Waals surface area contributed by atoms with Gasteiger partial charge < -0.3 is 5.32 Å². The second kappa shape index (κ2) is 8.26. The van der Waals surface area contributed by atoms with E-state index in [1.165, 1.54) is 12.1 Å². The molecule has 108 valence electrons. The van der Waals surface area contributed by atoms with Gasteiger partial charge in [0.1, 0.15) is 0 Å². The zero-order valence-corrected chi connectivity index (χ0v) is 12.2. The molecule has 0 aromatic heterocycles. The van der Waals surface area contributed by atoms with Gasteiger partial charge in [0.25, 0.3) is 0 Å². The first-order valence-electron chi connectivity index (χ1n) is 7.13. The van der Waals surface area contributed by atoms with Gasteiger partial charge in [0.2, 0.25) is 0 Å². The molecule has 0 heterocycles. The molecule has 1 aromatic rings. The summed E-state index contributed by atoms with van der Waals surface area (Å²) in [4.78, 5) is 0. The molecular formula is C16H25F2N. The fourth-order valence-electron chi connectivity index (χ4n) is 1.99. The Morgan fingerprint density at radius 3 is 2.42 bits per heavy atom. The van der Waals surface area contributed by atoms with E-state index >= 15 is 0 Å². The Bertz CT molecular complexity index is 377. The average Bonchev–Trinajstić information content (AvgIpc) is 2.36. The van der Waals surface area contributed by atoms with Crippen LogP contribution >= 0.6 is 0 Å². The van der Waals surface area contributed by atoms with E-state index in [9.17, 15) is 8.78 Å². The second-order valence-electron chi connectivity index (χ2n) is 5.78. The lowest BCUT2D eigenvalue weighted by Crippen LogP contribution is -2.22. The van der Waals surface area contributed by atoms with Crippen LogP contribution in [0.1, 0.15) is 39.2 Å². The van der Waals surface area contributed by atoms with Gasteiger partial charge in [-0.15, -0.1) is 0 Å². The maximum absolute atomic E-state index is 13.0. The van der Waals surface area contributed by atoms with Crippen LogP contribution in [0, 0.1) is 23.5 Å². The molecule has 1 rings (SSSR count). The zero-order chi connectivity index (χ0) is 14.3. The van der Waals surface area contributed by atoms with Crippen molar-refractivity contribution in [2.24, 2.45) is 11.8 Å². The van der Waals surface area contributed by atoms with E-state index in [0.29, 0.717) is 11.8 Å². The summed E-state index contributed by atoms with van der Waals surface area (Å²) < 4.78 is 25.8. The van der Waals surface area contributed by atoms with Gasteiger partial charge in [0.15, 0.2) is 11.6 Å². The molecule has 0 aliphatic heterocycles. The summed E-state index contributed by atoms with van der Waals surface area (Å²) in [7, 11) is 0. The maximum atomic E-state index is 13.0. The van der Waals surface area contributed by atoms with E-state index in [0.717, 1.165) is 37.9 Å². The third kappa shape index (κ3) is 6.67. The van der Waals surface area contributed by atoms with Crippen LogP contribution in [-0.2, 0) is 6.42 Å². The van der Waals surface area contributed by atoms with E-state index in [-0.39, 0.29) is 0 Å². The number of benzene rings is 1. The van der Waals surface area contributed by atoms with Crippen molar-refractivity contribution in [2.45, 2.75) is 40.0 Å². The minimum atomic E-state index is -0.769. The fraction of sp³-hybridized carbons (Fsp3) is 0.625. The molecule has 0 saturated carbocycles. The molecule has 1 N–H and O–H groups in total. The number of hydrogen-bond acceptors (Lipinski definition) is 1. The number of rotatable bonds is 8. The second-order valence-corrected chi connectivity index (χ2v) is 5.78. The molecule has 0 fully saturated rings. The van der Waals surface area contributed by atoms with Crippen LogP contribution in [0.4, 0.5) is 8.78 Å². The van der Waals surface area contributed by atoms with Crippen molar-refractivity contribution >= 4 is 0 Å². The molecule has 0 aliphatic rings. The van der Waals surface area contributed by atoms with Gasteiger partial charge in [0.05, 0.1) is 0 Å². The van der Waals surface area contributed by atoms with Gasteiger partial charge in [-0.1, -0.05) is 26.8 Å². The van der Waals surface area contributed by atoms with Crippen molar-refractivity contribution in [2.75, 3.05) is 13.1 Å². The summed E-state index contributed by atoms with van der Waals surface area (Å²) in [5.74, 6) is -0.247. The van der Waals surface area contributed by atoms with Crippen LogP contribution in [-0.4, -0.2) is 13.1 Å². The number of halogens is 2. The van der Waals surface area contributed by atoms with Crippen LogP contribution < -0.4 is 5.32 Å². The van der Waals surface area contributed by atoms with Crippen molar-refractivity contribution in [3.8, 4) is 0 Å². The third-order valence-corrected chi connectivity index (χ3v) is 3.28. The average molecular weight is 269 g/mol. The molecule has 0 saturated heterocycles. The topological polar surface area (TPSA) is 12.0 Å². The molecule has 0 bridgehead atoms. The molecule has 1 aromatic carbocycles. The quantitative estimate of drug-likeness (QED) is 0.698. The van der Waals surface area contributed by atoms with Crippen LogP contribution in [0.2, 0.25) is 0 Å². The largest absolute Gasteiger partial charge is 0.316 e. The monoisotopic (exact) mass is 269 g/mol. The number of aryl methyl sites for hydroxylation is 1. The molecule has 0 aliphatic carbocycles. The number of nitrogens with one attached hydrogen (secondary N) is 1. The first kappa shape index (κ1) is 16.1. The smallest absolute Gasteiger partial charge is 0.159 e. The molecule has 19 heavy (non-hydrogen) atoms. The lowest BCUT2D eigenvalue weighted by atomic mass is 9.98. The van der Waals surface area contributed by atoms with Gasteiger partial charge in [0, 0.05) is 0 Å². The molecule has 1 atom stereocenters. The lowest BCUT2D eigenvalue weighted by Gasteiger charge is -2.13. The fourth-order valence-corrected chi connectivity index (χ4v) is 1.99. The standard InChI is InChI=1S/C16H25F2N/c1-12(2)11-19-9-8-13(3)4-5-14-6-7-15(17)16(18)10-14/h6-7,10,12-13,19H,4-5,8-9,11H2,1-3H3. The molecule has 3 heteroatoms. The van der Waals surface area contributed by atoms with E-state index in [2.05, 4.69) is 26.1 Å². The first-order chi connectivity index (χ1) is 8.99. The van der Waals surface area contributed by atoms with Crippen LogP contribution in [0.5, 0.6) is 0 Å². The Balaban J connectivity index is 2.22. The van der Waals surface area contributed by atoms with E-state index in [1.54, 1.807) is 6.07 Å². The molecule has 1 unspecified atom stereocenters. The molecule has 0 radical (unpaired) electrons. The maximum Gasteiger partial charge on any atom is 0.159 e. The van der Waals surface area contributed by atoms with Crippen molar-refractivity contribution in [3.63, 3.8) is 0 Å². The summed E-state index contributed by atoms with van der Waals surface area (Å²) in [5.41, 5.74) is 0.876. The molecule has 0 amide bonds. The molecule has 1 nitrogen and oxygen atoms in total. The third-order valence-electron chi connectivity index (χ3n) is 3.28. The van der Waals surface area contributed by atoms with Crippen molar-refractivity contribution in [1.82, 2.24) is 5.32 Å². The molecule has 0 spiro atoms. The molecular weight excluding hydrogens is 244 g/mol. The predicted octanol–water partition coefficient (Wildman–Crippen LogP) is 4.17. The highest BCUT2D eigenvalue weighted by molar-refractivity contribution is 5.17. The minimum Gasteiger partial charge on any atom is -0.316 e. The Kier molecular flexibility index (Phi) is 7.00. The van der Waals surface area contributed by atoms with Crippen LogP contribution in [0.25, 0.3) is 0 Å². The normalized spacial score (nSPS) is 12.9. The van der Waals surface area contributed by atoms with Crippen LogP contribution in [0.3, 0.4) is 0 Å². The first-order valence-corrected chi connectivity index (χ1v) is 7.13. The summed E-state index contributed by atoms with van der Waals surface area (Å²) in [5, 5.41) is 3.42. The Hall–Kier alpha value is -0.960. The van der Waals surface area contributed by atoms with Gasteiger partial charge in [-0.25, -0.2) is 8.78 Å². The number of hydrogen-bond donors (Lipinski definition) is 1. The van der Waals surface area contributed by atoms with Gasteiger partial charge >= 0.3 is 0 Å². The van der Waals surface area contributed by atoms with Crippen molar-refractivity contribution < 1.29 is 8.78 Å². The van der Waals surface area contributed by atoms with Gasteiger partial charge in [-0.05, 0) is 61.9 Å². The lowest BCUT2D eigenvalue weighted by molar-refractivity contribution is 0.452. The zero-order valence-electron chi connectivity index (χ0n) is 12.2. The van der Waals surface area contributed by atoms with E-state index in [4.69, 9.17) is 0 Å². The van der Waals surface area contributed by atoms with E-state index in [1.807, 2.05) is 0 Å². The predicted molar refractivity (Wildman–Crippen MR) is 76.2 cm³/mol. The SMILES string of the molecule is CC(C)CNCCC(C)CCc1ccc(F)c(F)c1. The van der Waals surface area contributed by atoms with Crippen molar-refractivity contribution in [3.05, 3.63) is 35.4 Å². The highest BCUT2D eigenvalue weighted by Crippen LogP contribution is 2.15. The minimum absolute atomic E-state index is 0.591. The summed E-state index contributed by atoms with van der Waals surface area (Å²) in [6, 6.07) is 4.18. The van der Waals surface area contributed by atoms with Gasteiger partial charge in [-0.2, -0.15) is 0 Å². The van der Waals surface area contributed by atoms with Gasteiger partial charge in [-0.3, -0.25) is 0 Å². The highest BCUT2D eigenvalue weighted by Gasteiger charge is 2.06. The summed E-state index contributed by atoms with van der Waals surface area (Å²) >= 11 is 0. The van der Waals surface area contributed by atoms with Crippen LogP contribution in [0.15, 0.2) is 18.2 Å². The Morgan fingerprint density at radius 2 is 1.79 bits per heavy atom. The van der Waals surface area contributed by atoms with E-state index < -0.39 is 11.6 Å². The Labute approximate surface area is 115 Å². The summed E-state index contributed by atoms with van der Waals surface area (Å²) in [6.07, 6.45) is 2.94. The summed E-state index contributed by atoms with van der Waals surface area (Å²) in [6.45, 7) is 8.67. The van der Waals surface area contributed by atoms with Crippen molar-refractivity contribution in [1.29, 1.82) is 0 Å². The Morgan fingerprint density at radius 1 is 1.05 bits per heavy atom.